The summed E-state index contributed by atoms with van der Waals surface area (Å²) in [6.45, 7) is 6.85. The third kappa shape index (κ3) is 5.83. The molecule has 0 atom stereocenters. The van der Waals surface area contributed by atoms with E-state index in [1.165, 1.54) is 0 Å². The Hall–Kier alpha value is -5.38. The van der Waals surface area contributed by atoms with E-state index >= 15 is 0 Å². The first-order valence-corrected chi connectivity index (χ1v) is 15.9. The third-order valence-corrected chi connectivity index (χ3v) is 8.29. The minimum absolute atomic E-state index is 0.0848. The summed E-state index contributed by atoms with van der Waals surface area (Å²) in [5.41, 5.74) is -0.433. The molecule has 0 fully saturated rings. The standard InChI is InChI=1S/C38H38O10/c1-5-43-33(39)37(34(40)44-6-2)27(21-25-13-9-11-15-31(25)37)23-47-29-17-19-30(20-18-29)48-24-28-22-26-14-10-12-16-32(26)38(28,35(41)45-7-3)36(42)46-8-4/h9-22H,5-8,23-24H2,1-4H3. The molecule has 5 rings (SSSR count). The van der Waals surface area contributed by atoms with Gasteiger partial charge in [-0.1, -0.05) is 48.5 Å². The van der Waals surface area contributed by atoms with Crippen LogP contribution in [0, 0.1) is 0 Å². The molecule has 0 N–H and O–H groups in total. The van der Waals surface area contributed by atoms with E-state index in [-0.39, 0.29) is 39.6 Å². The lowest BCUT2D eigenvalue weighted by molar-refractivity contribution is -0.164. The smallest absolute Gasteiger partial charge is 0.332 e. The van der Waals surface area contributed by atoms with E-state index in [0.717, 1.165) is 0 Å². The lowest BCUT2D eigenvalue weighted by Gasteiger charge is -2.29. The van der Waals surface area contributed by atoms with Gasteiger partial charge in [-0.25, -0.2) is 0 Å². The van der Waals surface area contributed by atoms with Crippen molar-refractivity contribution >= 4 is 36.0 Å². The molecule has 2 aliphatic carbocycles. The molecule has 2 aliphatic rings. The van der Waals surface area contributed by atoms with Gasteiger partial charge in [0.2, 0.25) is 10.8 Å². The largest absolute Gasteiger partial charge is 0.489 e. The SMILES string of the molecule is CCOC(=O)C1(C(=O)OCC)C(COc2ccc(OCC3=Cc4ccccc4C3(C(=O)OCC)C(=O)OCC)cc2)=Cc2ccccc21. The quantitative estimate of drug-likeness (QED) is 0.127. The van der Waals surface area contributed by atoms with E-state index in [4.69, 9.17) is 28.4 Å². The number of ether oxygens (including phenoxy) is 6. The number of carbonyl (C=O) groups is 4. The van der Waals surface area contributed by atoms with Crippen LogP contribution >= 0.6 is 0 Å². The number of benzene rings is 3. The fourth-order valence-corrected chi connectivity index (χ4v) is 6.21. The van der Waals surface area contributed by atoms with Crippen LogP contribution in [-0.2, 0) is 49.0 Å². The second-order valence-corrected chi connectivity index (χ2v) is 10.9. The number of esters is 4. The molecule has 0 aliphatic heterocycles. The second-order valence-electron chi connectivity index (χ2n) is 10.9. The monoisotopic (exact) mass is 654 g/mol. The van der Waals surface area contributed by atoms with Crippen molar-refractivity contribution in [3.05, 3.63) is 106 Å². The van der Waals surface area contributed by atoms with Crippen molar-refractivity contribution in [2.75, 3.05) is 39.6 Å². The Balaban J connectivity index is 1.35. The zero-order valence-corrected chi connectivity index (χ0v) is 27.4. The average Bonchev–Trinajstić information content (AvgIpc) is 3.61. The Bertz CT molecular complexity index is 1590. The number of fused-ring (bicyclic) bond motifs is 2. The Morgan fingerprint density at radius 1 is 0.479 bits per heavy atom. The molecule has 0 bridgehead atoms. The maximum Gasteiger partial charge on any atom is 0.332 e. The van der Waals surface area contributed by atoms with Gasteiger partial charge in [-0.15, -0.1) is 0 Å². The van der Waals surface area contributed by atoms with E-state index in [1.807, 2.05) is 24.3 Å². The van der Waals surface area contributed by atoms with Gasteiger partial charge in [0.05, 0.1) is 26.4 Å². The summed E-state index contributed by atoms with van der Waals surface area (Å²) in [6.07, 6.45) is 3.51. The van der Waals surface area contributed by atoms with Crippen molar-refractivity contribution in [3.8, 4) is 11.5 Å². The highest BCUT2D eigenvalue weighted by Crippen LogP contribution is 2.46. The van der Waals surface area contributed by atoms with E-state index < -0.39 is 34.7 Å². The molecule has 0 radical (unpaired) electrons. The summed E-state index contributed by atoms with van der Waals surface area (Å²) < 4.78 is 33.8. The van der Waals surface area contributed by atoms with E-state index in [2.05, 4.69) is 0 Å². The van der Waals surface area contributed by atoms with E-state index in [1.54, 1.807) is 88.4 Å². The Morgan fingerprint density at radius 2 is 0.792 bits per heavy atom. The van der Waals surface area contributed by atoms with Crippen molar-refractivity contribution < 1.29 is 47.6 Å². The van der Waals surface area contributed by atoms with Crippen LogP contribution in [0.4, 0.5) is 0 Å². The molecule has 10 heteroatoms. The molecule has 0 spiro atoms. The summed E-state index contributed by atoms with van der Waals surface area (Å²) >= 11 is 0. The lowest BCUT2D eigenvalue weighted by atomic mass is 9.77. The molecule has 48 heavy (non-hydrogen) atoms. The Kier molecular flexibility index (Phi) is 10.3. The fraction of sp³-hybridized carbons (Fsp3) is 0.316. The normalized spacial score (nSPS) is 14.8. The molecule has 250 valence electrons. The first kappa shape index (κ1) is 34.0. The van der Waals surface area contributed by atoms with Gasteiger partial charge in [0, 0.05) is 11.1 Å². The van der Waals surface area contributed by atoms with Crippen LogP contribution in [0.3, 0.4) is 0 Å². The summed E-state index contributed by atoms with van der Waals surface area (Å²) in [6, 6.07) is 20.9. The molecule has 0 saturated carbocycles. The van der Waals surface area contributed by atoms with Gasteiger partial charge in [-0.3, -0.25) is 19.2 Å². The van der Waals surface area contributed by atoms with Crippen LogP contribution in [0.15, 0.2) is 83.9 Å². The van der Waals surface area contributed by atoms with Crippen molar-refractivity contribution in [1.29, 1.82) is 0 Å². The van der Waals surface area contributed by atoms with Gasteiger partial charge in [-0.2, -0.15) is 0 Å². The molecule has 3 aromatic carbocycles. The molecule has 0 heterocycles. The zero-order chi connectivity index (χ0) is 34.3. The predicted octanol–water partition coefficient (Wildman–Crippen LogP) is 5.37. The number of rotatable bonds is 14. The first-order chi connectivity index (χ1) is 23.3. The van der Waals surface area contributed by atoms with Crippen LogP contribution in [0.2, 0.25) is 0 Å². The molecule has 0 aromatic heterocycles. The fourth-order valence-electron chi connectivity index (χ4n) is 6.21. The summed E-state index contributed by atoms with van der Waals surface area (Å²) in [4.78, 5) is 53.9. The highest BCUT2D eigenvalue weighted by atomic mass is 16.6. The average molecular weight is 655 g/mol. The summed E-state index contributed by atoms with van der Waals surface area (Å²) in [5.74, 6) is -2.01. The minimum atomic E-state index is -1.79. The molecule has 0 saturated heterocycles. The third-order valence-electron chi connectivity index (χ3n) is 8.29. The van der Waals surface area contributed by atoms with Crippen molar-refractivity contribution in [2.24, 2.45) is 0 Å². The Labute approximate surface area is 279 Å². The van der Waals surface area contributed by atoms with Crippen LogP contribution < -0.4 is 9.47 Å². The molecular formula is C38H38O10. The summed E-state index contributed by atoms with van der Waals surface area (Å²) in [7, 11) is 0. The van der Waals surface area contributed by atoms with Crippen molar-refractivity contribution in [2.45, 2.75) is 38.5 Å². The van der Waals surface area contributed by atoms with E-state index in [0.29, 0.717) is 44.9 Å². The second kappa shape index (κ2) is 14.6. The molecule has 0 unspecified atom stereocenters. The molecule has 3 aromatic rings. The van der Waals surface area contributed by atoms with Crippen LogP contribution in [0.1, 0.15) is 49.9 Å². The lowest BCUT2D eigenvalue weighted by Crippen LogP contribution is -2.47. The molecule has 10 nitrogen and oxygen atoms in total. The van der Waals surface area contributed by atoms with Crippen molar-refractivity contribution in [3.63, 3.8) is 0 Å². The van der Waals surface area contributed by atoms with Gasteiger partial charge < -0.3 is 28.4 Å². The summed E-state index contributed by atoms with van der Waals surface area (Å²) in [5, 5.41) is 0. The maximum absolute atomic E-state index is 13.5. The number of hydrogen-bond acceptors (Lipinski definition) is 10. The molecular weight excluding hydrogens is 616 g/mol. The van der Waals surface area contributed by atoms with Gasteiger partial charge in [0.15, 0.2) is 0 Å². The topological polar surface area (TPSA) is 124 Å². The van der Waals surface area contributed by atoms with E-state index in [9.17, 15) is 19.2 Å². The number of hydrogen-bond donors (Lipinski definition) is 0. The minimum Gasteiger partial charge on any atom is -0.489 e. The van der Waals surface area contributed by atoms with Gasteiger partial charge in [0.25, 0.3) is 0 Å². The Morgan fingerprint density at radius 3 is 1.10 bits per heavy atom. The van der Waals surface area contributed by atoms with Crippen LogP contribution in [-0.4, -0.2) is 63.5 Å². The van der Waals surface area contributed by atoms with Gasteiger partial charge in [0.1, 0.15) is 24.7 Å². The predicted molar refractivity (Wildman–Crippen MR) is 176 cm³/mol. The molecule has 0 amide bonds. The zero-order valence-electron chi connectivity index (χ0n) is 27.4. The highest BCUT2D eigenvalue weighted by molar-refractivity contribution is 6.14. The van der Waals surface area contributed by atoms with Gasteiger partial charge in [-0.05, 0) is 86.4 Å². The highest BCUT2D eigenvalue weighted by Gasteiger charge is 2.58. The first-order valence-electron chi connectivity index (χ1n) is 15.9. The number of carbonyl (C=O) groups excluding carboxylic acids is 4. The van der Waals surface area contributed by atoms with Gasteiger partial charge >= 0.3 is 23.9 Å². The van der Waals surface area contributed by atoms with Crippen LogP contribution in [0.25, 0.3) is 12.2 Å². The van der Waals surface area contributed by atoms with Crippen molar-refractivity contribution in [1.82, 2.24) is 0 Å². The van der Waals surface area contributed by atoms with Crippen LogP contribution in [0.5, 0.6) is 11.5 Å². The maximum atomic E-state index is 13.5.